The molecule has 0 atom stereocenters. The van der Waals surface area contributed by atoms with Gasteiger partial charge in [0.25, 0.3) is 5.91 Å². The lowest BCUT2D eigenvalue weighted by atomic mass is 10.1. The van der Waals surface area contributed by atoms with Crippen LogP contribution in [-0.4, -0.2) is 18.4 Å². The third kappa shape index (κ3) is 5.35. The predicted octanol–water partition coefficient (Wildman–Crippen LogP) is 3.98. The fourth-order valence-electron chi connectivity index (χ4n) is 2.28. The van der Waals surface area contributed by atoms with Gasteiger partial charge in [0, 0.05) is 17.8 Å². The van der Waals surface area contributed by atoms with Crippen molar-refractivity contribution in [1.29, 1.82) is 0 Å². The van der Waals surface area contributed by atoms with Crippen molar-refractivity contribution >= 4 is 23.2 Å². The third-order valence-electron chi connectivity index (χ3n) is 3.82. The highest BCUT2D eigenvalue weighted by Crippen LogP contribution is 2.21. The van der Waals surface area contributed by atoms with Gasteiger partial charge in [-0.3, -0.25) is 9.59 Å². The smallest absolute Gasteiger partial charge is 0.262 e. The minimum Gasteiger partial charge on any atom is -0.483 e. The molecule has 0 fully saturated rings. The summed E-state index contributed by atoms with van der Waals surface area (Å²) in [5, 5.41) is 5.61. The Labute approximate surface area is 148 Å². The maximum atomic E-state index is 12.1. The maximum absolute atomic E-state index is 12.1. The van der Waals surface area contributed by atoms with Crippen molar-refractivity contribution in [2.45, 2.75) is 34.1 Å². The van der Waals surface area contributed by atoms with Gasteiger partial charge in [-0.1, -0.05) is 25.1 Å². The zero-order valence-electron chi connectivity index (χ0n) is 15.1. The first-order valence-corrected chi connectivity index (χ1v) is 8.29. The Morgan fingerprint density at radius 2 is 1.64 bits per heavy atom. The molecule has 2 rings (SSSR count). The summed E-state index contributed by atoms with van der Waals surface area (Å²) in [6.45, 7) is 7.54. The van der Waals surface area contributed by atoms with Crippen LogP contribution in [-0.2, 0) is 9.59 Å². The van der Waals surface area contributed by atoms with Crippen LogP contribution in [0.25, 0.3) is 0 Å². The number of rotatable bonds is 6. The van der Waals surface area contributed by atoms with Crippen LogP contribution in [0.4, 0.5) is 11.4 Å². The molecule has 0 bridgehead atoms. The van der Waals surface area contributed by atoms with E-state index in [1.165, 1.54) is 0 Å². The Balaban J connectivity index is 1.99. The van der Waals surface area contributed by atoms with Crippen LogP contribution in [0, 0.1) is 20.8 Å². The number of aryl methyl sites for hydroxylation is 3. The van der Waals surface area contributed by atoms with Crippen molar-refractivity contribution < 1.29 is 14.3 Å². The average molecular weight is 340 g/mol. The van der Waals surface area contributed by atoms with Gasteiger partial charge in [0.2, 0.25) is 5.91 Å². The quantitative estimate of drug-likeness (QED) is 0.836. The first-order valence-electron chi connectivity index (χ1n) is 8.29. The highest BCUT2D eigenvalue weighted by atomic mass is 16.5. The summed E-state index contributed by atoms with van der Waals surface area (Å²) in [5.41, 5.74) is 4.31. The number of nitrogens with one attached hydrogen (secondary N) is 2. The topological polar surface area (TPSA) is 67.4 Å². The van der Waals surface area contributed by atoms with E-state index in [-0.39, 0.29) is 18.4 Å². The molecule has 25 heavy (non-hydrogen) atoms. The highest BCUT2D eigenvalue weighted by molar-refractivity contribution is 5.95. The molecule has 132 valence electrons. The number of hydrogen-bond acceptors (Lipinski definition) is 3. The lowest BCUT2D eigenvalue weighted by Gasteiger charge is -2.12. The molecular formula is C20H24N2O3. The van der Waals surface area contributed by atoms with Gasteiger partial charge in [0.05, 0.1) is 0 Å². The SMILES string of the molecule is CCC(=O)Nc1cc(NC(=O)COc2cc(C)ccc2C)ccc1C. The second kappa shape index (κ2) is 8.33. The van der Waals surface area contributed by atoms with Crippen LogP contribution >= 0.6 is 0 Å². The second-order valence-electron chi connectivity index (χ2n) is 6.04. The lowest BCUT2D eigenvalue weighted by molar-refractivity contribution is -0.118. The Kier molecular flexibility index (Phi) is 6.17. The molecule has 0 heterocycles. The third-order valence-corrected chi connectivity index (χ3v) is 3.82. The second-order valence-corrected chi connectivity index (χ2v) is 6.04. The highest BCUT2D eigenvalue weighted by Gasteiger charge is 2.08. The molecule has 2 aromatic carbocycles. The van der Waals surface area contributed by atoms with E-state index in [4.69, 9.17) is 4.74 Å². The summed E-state index contributed by atoms with van der Waals surface area (Å²) in [6.07, 6.45) is 0.402. The standard InChI is InChI=1S/C20H24N2O3/c1-5-19(23)22-17-11-16(9-8-14(17)3)21-20(24)12-25-18-10-13(2)6-7-15(18)4/h6-11H,5,12H2,1-4H3,(H,21,24)(H,22,23). The van der Waals surface area contributed by atoms with Gasteiger partial charge in [-0.05, 0) is 55.7 Å². The molecule has 5 heteroatoms. The molecule has 2 aromatic rings. The summed E-state index contributed by atoms with van der Waals surface area (Å²) in [4.78, 5) is 23.7. The van der Waals surface area contributed by atoms with Gasteiger partial charge in [-0.25, -0.2) is 0 Å². The summed E-state index contributed by atoms with van der Waals surface area (Å²) < 4.78 is 5.61. The molecule has 2 N–H and O–H groups in total. The molecule has 2 amide bonds. The van der Waals surface area contributed by atoms with Crippen molar-refractivity contribution in [3.05, 3.63) is 53.1 Å². The number of carbonyl (C=O) groups is 2. The Morgan fingerprint density at radius 1 is 0.920 bits per heavy atom. The minimum atomic E-state index is -0.252. The van der Waals surface area contributed by atoms with Crippen molar-refractivity contribution in [1.82, 2.24) is 0 Å². The minimum absolute atomic E-state index is 0.0650. The number of hydrogen-bond donors (Lipinski definition) is 2. The summed E-state index contributed by atoms with van der Waals surface area (Å²) in [7, 11) is 0. The molecule has 5 nitrogen and oxygen atoms in total. The first kappa shape index (κ1) is 18.5. The predicted molar refractivity (Wildman–Crippen MR) is 100 cm³/mol. The molecule has 0 unspecified atom stereocenters. The number of benzene rings is 2. The zero-order chi connectivity index (χ0) is 18.4. The maximum Gasteiger partial charge on any atom is 0.262 e. The van der Waals surface area contributed by atoms with E-state index in [9.17, 15) is 9.59 Å². The normalized spacial score (nSPS) is 10.2. The van der Waals surface area contributed by atoms with E-state index >= 15 is 0 Å². The molecule has 0 aliphatic carbocycles. The Hall–Kier alpha value is -2.82. The molecule has 0 aliphatic rings. The largest absolute Gasteiger partial charge is 0.483 e. The van der Waals surface area contributed by atoms with E-state index in [1.807, 2.05) is 45.0 Å². The molecule has 0 aliphatic heterocycles. The van der Waals surface area contributed by atoms with Gasteiger partial charge in [0.1, 0.15) is 5.75 Å². The van der Waals surface area contributed by atoms with E-state index in [0.717, 1.165) is 16.7 Å². The number of carbonyl (C=O) groups excluding carboxylic acids is 2. The van der Waals surface area contributed by atoms with Crippen LogP contribution in [0.1, 0.15) is 30.0 Å². The van der Waals surface area contributed by atoms with E-state index < -0.39 is 0 Å². The Morgan fingerprint density at radius 3 is 2.36 bits per heavy atom. The fraction of sp³-hybridized carbons (Fsp3) is 0.300. The zero-order valence-corrected chi connectivity index (χ0v) is 15.1. The molecule has 0 saturated heterocycles. The van der Waals surface area contributed by atoms with Crippen molar-refractivity contribution in [3.63, 3.8) is 0 Å². The van der Waals surface area contributed by atoms with E-state index in [0.29, 0.717) is 23.5 Å². The number of ether oxygens (including phenoxy) is 1. The van der Waals surface area contributed by atoms with Gasteiger partial charge >= 0.3 is 0 Å². The lowest BCUT2D eigenvalue weighted by Crippen LogP contribution is -2.20. The van der Waals surface area contributed by atoms with Gasteiger partial charge < -0.3 is 15.4 Å². The Bertz CT molecular complexity index is 785. The summed E-state index contributed by atoms with van der Waals surface area (Å²) in [5.74, 6) is 0.386. The van der Waals surface area contributed by atoms with E-state index in [2.05, 4.69) is 10.6 Å². The van der Waals surface area contributed by atoms with Crippen LogP contribution < -0.4 is 15.4 Å². The molecule has 0 saturated carbocycles. The average Bonchev–Trinajstić information content (AvgIpc) is 2.58. The van der Waals surface area contributed by atoms with Crippen molar-refractivity contribution in [2.24, 2.45) is 0 Å². The number of anilines is 2. The number of amides is 2. The van der Waals surface area contributed by atoms with E-state index in [1.54, 1.807) is 19.1 Å². The summed E-state index contributed by atoms with van der Waals surface area (Å²) >= 11 is 0. The fourth-order valence-corrected chi connectivity index (χ4v) is 2.28. The monoisotopic (exact) mass is 340 g/mol. The van der Waals surface area contributed by atoms with Crippen molar-refractivity contribution in [3.8, 4) is 5.75 Å². The molecule has 0 aromatic heterocycles. The summed E-state index contributed by atoms with van der Waals surface area (Å²) in [6, 6.07) is 11.3. The van der Waals surface area contributed by atoms with Gasteiger partial charge in [-0.2, -0.15) is 0 Å². The van der Waals surface area contributed by atoms with Crippen LogP contribution in [0.5, 0.6) is 5.75 Å². The molecule has 0 radical (unpaired) electrons. The van der Waals surface area contributed by atoms with Gasteiger partial charge in [0.15, 0.2) is 6.61 Å². The molecule has 0 spiro atoms. The first-order chi connectivity index (χ1) is 11.9. The van der Waals surface area contributed by atoms with Crippen LogP contribution in [0.15, 0.2) is 36.4 Å². The van der Waals surface area contributed by atoms with Gasteiger partial charge in [-0.15, -0.1) is 0 Å². The van der Waals surface area contributed by atoms with Crippen molar-refractivity contribution in [2.75, 3.05) is 17.2 Å². The molecular weight excluding hydrogens is 316 g/mol. The van der Waals surface area contributed by atoms with Crippen LogP contribution in [0.3, 0.4) is 0 Å². The van der Waals surface area contributed by atoms with Crippen LogP contribution in [0.2, 0.25) is 0 Å².